The SMILES string of the molecule is COc1cc(C)c(C2(C(=O)O)CCC2)c(C)c1OC. The number of carboxylic acid groups (broad SMARTS) is 1. The van der Waals surface area contributed by atoms with E-state index in [0.717, 1.165) is 23.1 Å². The van der Waals surface area contributed by atoms with Gasteiger partial charge in [-0.2, -0.15) is 0 Å². The van der Waals surface area contributed by atoms with Crippen molar-refractivity contribution in [2.24, 2.45) is 0 Å². The number of hydrogen-bond acceptors (Lipinski definition) is 3. The van der Waals surface area contributed by atoms with Gasteiger partial charge in [0.2, 0.25) is 0 Å². The van der Waals surface area contributed by atoms with Crippen molar-refractivity contribution >= 4 is 5.97 Å². The second-order valence-corrected chi connectivity index (χ2v) is 5.17. The average molecular weight is 264 g/mol. The summed E-state index contributed by atoms with van der Waals surface area (Å²) in [6, 6.07) is 1.87. The van der Waals surface area contributed by atoms with Crippen LogP contribution in [0.2, 0.25) is 0 Å². The van der Waals surface area contributed by atoms with Gasteiger partial charge in [0, 0.05) is 0 Å². The summed E-state index contributed by atoms with van der Waals surface area (Å²) in [6.45, 7) is 3.85. The molecule has 4 heteroatoms. The molecule has 104 valence electrons. The molecule has 0 heterocycles. The van der Waals surface area contributed by atoms with E-state index in [-0.39, 0.29) is 0 Å². The van der Waals surface area contributed by atoms with Gasteiger partial charge in [-0.3, -0.25) is 4.79 Å². The zero-order valence-corrected chi connectivity index (χ0v) is 11.9. The molecule has 1 saturated carbocycles. The molecule has 1 aromatic carbocycles. The molecular weight excluding hydrogens is 244 g/mol. The predicted molar refractivity (Wildman–Crippen MR) is 72.2 cm³/mol. The maximum absolute atomic E-state index is 11.7. The van der Waals surface area contributed by atoms with Gasteiger partial charge in [0.1, 0.15) is 0 Å². The summed E-state index contributed by atoms with van der Waals surface area (Å²) < 4.78 is 10.7. The summed E-state index contributed by atoms with van der Waals surface area (Å²) in [5.74, 6) is 0.550. The van der Waals surface area contributed by atoms with E-state index >= 15 is 0 Å². The van der Waals surface area contributed by atoms with E-state index < -0.39 is 11.4 Å². The lowest BCUT2D eigenvalue weighted by atomic mass is 9.62. The maximum Gasteiger partial charge on any atom is 0.314 e. The first-order valence-electron chi connectivity index (χ1n) is 6.44. The van der Waals surface area contributed by atoms with E-state index in [4.69, 9.17) is 9.47 Å². The van der Waals surface area contributed by atoms with E-state index in [2.05, 4.69) is 0 Å². The lowest BCUT2D eigenvalue weighted by Crippen LogP contribution is -2.43. The van der Waals surface area contributed by atoms with Crippen molar-refractivity contribution in [3.63, 3.8) is 0 Å². The van der Waals surface area contributed by atoms with Crippen LogP contribution >= 0.6 is 0 Å². The van der Waals surface area contributed by atoms with Gasteiger partial charge in [-0.05, 0) is 49.4 Å². The summed E-state index contributed by atoms with van der Waals surface area (Å²) in [5, 5.41) is 9.60. The quantitative estimate of drug-likeness (QED) is 0.908. The van der Waals surface area contributed by atoms with Gasteiger partial charge in [-0.25, -0.2) is 0 Å². The summed E-state index contributed by atoms with van der Waals surface area (Å²) in [4.78, 5) is 11.7. The molecule has 0 unspecified atom stereocenters. The topological polar surface area (TPSA) is 55.8 Å². The minimum atomic E-state index is -0.742. The Morgan fingerprint density at radius 1 is 1.26 bits per heavy atom. The van der Waals surface area contributed by atoms with Crippen LogP contribution in [0.4, 0.5) is 0 Å². The van der Waals surface area contributed by atoms with Crippen LogP contribution < -0.4 is 9.47 Å². The summed E-state index contributed by atoms with van der Waals surface area (Å²) in [6.07, 6.45) is 2.35. The Kier molecular flexibility index (Phi) is 3.43. The Hall–Kier alpha value is -1.71. The molecule has 0 bridgehead atoms. The molecule has 19 heavy (non-hydrogen) atoms. The molecule has 0 atom stereocenters. The van der Waals surface area contributed by atoms with E-state index in [0.29, 0.717) is 24.3 Å². The first kappa shape index (κ1) is 13.7. The van der Waals surface area contributed by atoms with Gasteiger partial charge < -0.3 is 14.6 Å². The number of methoxy groups -OCH3 is 2. The molecule has 4 nitrogen and oxygen atoms in total. The van der Waals surface area contributed by atoms with Crippen LogP contribution in [0.3, 0.4) is 0 Å². The van der Waals surface area contributed by atoms with Crippen molar-refractivity contribution in [2.75, 3.05) is 14.2 Å². The highest BCUT2D eigenvalue weighted by Gasteiger charge is 2.48. The highest BCUT2D eigenvalue weighted by Crippen LogP contribution is 2.49. The van der Waals surface area contributed by atoms with Crippen LogP contribution in [0.5, 0.6) is 11.5 Å². The maximum atomic E-state index is 11.7. The van der Waals surface area contributed by atoms with Gasteiger partial charge in [0.05, 0.1) is 19.6 Å². The molecular formula is C15H20O4. The number of benzene rings is 1. The molecule has 1 N–H and O–H groups in total. The second-order valence-electron chi connectivity index (χ2n) is 5.17. The highest BCUT2D eigenvalue weighted by molar-refractivity contribution is 5.84. The Labute approximate surface area is 113 Å². The largest absolute Gasteiger partial charge is 0.493 e. The van der Waals surface area contributed by atoms with Gasteiger partial charge in [0.25, 0.3) is 0 Å². The lowest BCUT2D eigenvalue weighted by Gasteiger charge is -2.40. The lowest BCUT2D eigenvalue weighted by molar-refractivity contribution is -0.147. The number of aryl methyl sites for hydroxylation is 1. The van der Waals surface area contributed by atoms with Gasteiger partial charge in [-0.15, -0.1) is 0 Å². The fourth-order valence-corrected chi connectivity index (χ4v) is 3.17. The van der Waals surface area contributed by atoms with Crippen LogP contribution in [0.15, 0.2) is 6.07 Å². The average Bonchev–Trinajstić information content (AvgIpc) is 2.30. The Morgan fingerprint density at radius 3 is 2.26 bits per heavy atom. The summed E-state index contributed by atoms with van der Waals surface area (Å²) in [5.41, 5.74) is 1.98. The third-order valence-electron chi connectivity index (χ3n) is 4.20. The van der Waals surface area contributed by atoms with Crippen molar-refractivity contribution in [3.8, 4) is 11.5 Å². The van der Waals surface area contributed by atoms with Crippen molar-refractivity contribution < 1.29 is 19.4 Å². The zero-order valence-electron chi connectivity index (χ0n) is 11.9. The number of aliphatic carboxylic acids is 1. The van der Waals surface area contributed by atoms with Crippen LogP contribution in [-0.4, -0.2) is 25.3 Å². The van der Waals surface area contributed by atoms with Crippen molar-refractivity contribution in [1.29, 1.82) is 0 Å². The smallest absolute Gasteiger partial charge is 0.314 e. The molecule has 2 rings (SSSR count). The molecule has 1 aliphatic carbocycles. The number of carboxylic acids is 1. The molecule has 0 radical (unpaired) electrons. The van der Waals surface area contributed by atoms with Crippen molar-refractivity contribution in [1.82, 2.24) is 0 Å². The molecule has 0 aliphatic heterocycles. The Bertz CT molecular complexity index is 515. The first-order valence-corrected chi connectivity index (χ1v) is 6.44. The molecule has 0 saturated heterocycles. The summed E-state index contributed by atoms with van der Waals surface area (Å²) in [7, 11) is 3.17. The monoisotopic (exact) mass is 264 g/mol. The van der Waals surface area contributed by atoms with E-state index in [9.17, 15) is 9.90 Å². The molecule has 0 spiro atoms. The summed E-state index contributed by atoms with van der Waals surface area (Å²) >= 11 is 0. The molecule has 1 aromatic rings. The van der Waals surface area contributed by atoms with Crippen LogP contribution in [0.25, 0.3) is 0 Å². The van der Waals surface area contributed by atoms with Crippen LogP contribution in [-0.2, 0) is 10.2 Å². The minimum Gasteiger partial charge on any atom is -0.493 e. The second kappa shape index (κ2) is 4.76. The van der Waals surface area contributed by atoms with Crippen LogP contribution in [0.1, 0.15) is 36.0 Å². The minimum absolute atomic E-state index is 0.635. The van der Waals surface area contributed by atoms with E-state index in [1.807, 2.05) is 19.9 Å². The van der Waals surface area contributed by atoms with E-state index in [1.54, 1.807) is 14.2 Å². The fourth-order valence-electron chi connectivity index (χ4n) is 3.17. The normalized spacial score (nSPS) is 16.6. The predicted octanol–water partition coefficient (Wildman–Crippen LogP) is 2.83. The number of ether oxygens (including phenoxy) is 2. The Morgan fingerprint density at radius 2 is 1.89 bits per heavy atom. The fraction of sp³-hybridized carbons (Fsp3) is 0.533. The molecule has 0 amide bonds. The van der Waals surface area contributed by atoms with E-state index in [1.165, 1.54) is 0 Å². The molecule has 1 fully saturated rings. The molecule has 1 aliphatic rings. The highest BCUT2D eigenvalue weighted by atomic mass is 16.5. The number of rotatable bonds is 4. The van der Waals surface area contributed by atoms with Crippen molar-refractivity contribution in [2.45, 2.75) is 38.5 Å². The number of hydrogen-bond donors (Lipinski definition) is 1. The van der Waals surface area contributed by atoms with Gasteiger partial charge >= 0.3 is 5.97 Å². The van der Waals surface area contributed by atoms with Crippen LogP contribution in [0, 0.1) is 13.8 Å². The Balaban J connectivity index is 2.67. The third kappa shape index (κ3) is 1.86. The first-order chi connectivity index (χ1) is 8.97. The van der Waals surface area contributed by atoms with Gasteiger partial charge in [0.15, 0.2) is 11.5 Å². The molecule has 0 aromatic heterocycles. The number of carbonyl (C=O) groups is 1. The standard InChI is InChI=1S/C15H20O4/c1-9-8-11(18-3)13(19-4)10(2)12(9)15(14(16)17)6-5-7-15/h8H,5-7H2,1-4H3,(H,16,17). The zero-order chi connectivity index (χ0) is 14.2. The third-order valence-corrected chi connectivity index (χ3v) is 4.20. The van der Waals surface area contributed by atoms with Gasteiger partial charge in [-0.1, -0.05) is 6.42 Å². The van der Waals surface area contributed by atoms with Crippen molar-refractivity contribution in [3.05, 3.63) is 22.8 Å².